The summed E-state index contributed by atoms with van der Waals surface area (Å²) in [4.78, 5) is 16.3. The molecule has 0 amide bonds. The second-order valence-corrected chi connectivity index (χ2v) is 5.66. The normalized spacial score (nSPS) is 13.6. The van der Waals surface area contributed by atoms with Gasteiger partial charge in [-0.15, -0.1) is 0 Å². The number of hydrogen-bond acceptors (Lipinski definition) is 7. The molecule has 0 fully saturated rings. The van der Waals surface area contributed by atoms with E-state index >= 15 is 0 Å². The number of hydrogen-bond donors (Lipinski definition) is 0. The lowest BCUT2D eigenvalue weighted by Crippen LogP contribution is -2.16. The first kappa shape index (κ1) is 15.4. The van der Waals surface area contributed by atoms with Crippen LogP contribution in [-0.4, -0.2) is 39.9 Å². The SMILES string of the molecule is COc1ccc(-c2noc(-c3cc4n(n3)CCCC4=O)n2)cc1OC. The zero-order valence-electron chi connectivity index (χ0n) is 13.9. The van der Waals surface area contributed by atoms with Crippen LogP contribution in [0.5, 0.6) is 11.5 Å². The van der Waals surface area contributed by atoms with E-state index in [2.05, 4.69) is 15.2 Å². The minimum atomic E-state index is 0.0876. The van der Waals surface area contributed by atoms with Crippen LogP contribution in [0, 0.1) is 0 Å². The summed E-state index contributed by atoms with van der Waals surface area (Å²) >= 11 is 0. The van der Waals surface area contributed by atoms with Crippen molar-refractivity contribution in [2.24, 2.45) is 0 Å². The highest BCUT2D eigenvalue weighted by Gasteiger charge is 2.23. The first-order valence-corrected chi connectivity index (χ1v) is 7.87. The molecule has 1 aliphatic rings. The highest BCUT2D eigenvalue weighted by Crippen LogP contribution is 2.32. The molecule has 25 heavy (non-hydrogen) atoms. The molecule has 0 unspecified atom stereocenters. The fraction of sp³-hybridized carbons (Fsp3) is 0.294. The van der Waals surface area contributed by atoms with Crippen LogP contribution in [0.3, 0.4) is 0 Å². The molecule has 0 spiro atoms. The van der Waals surface area contributed by atoms with Gasteiger partial charge in [0.25, 0.3) is 5.89 Å². The number of fused-ring (bicyclic) bond motifs is 1. The number of Topliss-reactive ketones (excluding diaryl/α,β-unsaturated/α-hetero) is 1. The first-order chi connectivity index (χ1) is 12.2. The summed E-state index contributed by atoms with van der Waals surface area (Å²) in [5, 5.41) is 8.40. The lowest BCUT2D eigenvalue weighted by molar-refractivity contribution is 0.0951. The number of methoxy groups -OCH3 is 2. The number of aryl methyl sites for hydroxylation is 1. The largest absolute Gasteiger partial charge is 0.493 e. The monoisotopic (exact) mass is 340 g/mol. The van der Waals surface area contributed by atoms with E-state index in [4.69, 9.17) is 14.0 Å². The van der Waals surface area contributed by atoms with Crippen LogP contribution in [-0.2, 0) is 6.54 Å². The van der Waals surface area contributed by atoms with Crippen molar-refractivity contribution < 1.29 is 18.8 Å². The van der Waals surface area contributed by atoms with Crippen LogP contribution < -0.4 is 9.47 Å². The van der Waals surface area contributed by atoms with Gasteiger partial charge in [-0.2, -0.15) is 10.1 Å². The number of carbonyl (C=O) groups excluding carboxylic acids is 1. The second kappa shape index (κ2) is 6.04. The predicted molar refractivity (Wildman–Crippen MR) is 87.6 cm³/mol. The fourth-order valence-electron chi connectivity index (χ4n) is 2.85. The van der Waals surface area contributed by atoms with Gasteiger partial charge < -0.3 is 14.0 Å². The van der Waals surface area contributed by atoms with Crippen molar-refractivity contribution in [3.8, 4) is 34.5 Å². The number of ketones is 1. The molecule has 0 N–H and O–H groups in total. The molecule has 3 aromatic rings. The van der Waals surface area contributed by atoms with Gasteiger partial charge in [-0.1, -0.05) is 5.16 Å². The smallest absolute Gasteiger partial charge is 0.278 e. The van der Waals surface area contributed by atoms with E-state index in [0.29, 0.717) is 35.1 Å². The van der Waals surface area contributed by atoms with Gasteiger partial charge in [0.05, 0.1) is 14.2 Å². The van der Waals surface area contributed by atoms with Gasteiger partial charge in [-0.25, -0.2) is 0 Å². The number of carbonyl (C=O) groups is 1. The zero-order chi connectivity index (χ0) is 17.4. The van der Waals surface area contributed by atoms with E-state index in [-0.39, 0.29) is 11.7 Å². The third-order valence-electron chi connectivity index (χ3n) is 4.13. The number of ether oxygens (including phenoxy) is 2. The first-order valence-electron chi connectivity index (χ1n) is 7.87. The van der Waals surface area contributed by atoms with Crippen LogP contribution >= 0.6 is 0 Å². The zero-order valence-corrected chi connectivity index (χ0v) is 13.9. The van der Waals surface area contributed by atoms with E-state index in [0.717, 1.165) is 18.5 Å². The van der Waals surface area contributed by atoms with Gasteiger partial charge in [0.2, 0.25) is 5.82 Å². The molecule has 1 aliphatic heterocycles. The lowest BCUT2D eigenvalue weighted by atomic mass is 10.1. The summed E-state index contributed by atoms with van der Waals surface area (Å²) in [5.74, 6) is 1.97. The molecule has 128 valence electrons. The maximum absolute atomic E-state index is 11.9. The van der Waals surface area contributed by atoms with Crippen molar-refractivity contribution in [2.75, 3.05) is 14.2 Å². The summed E-state index contributed by atoms with van der Waals surface area (Å²) in [5.41, 5.74) is 1.82. The van der Waals surface area contributed by atoms with Crippen molar-refractivity contribution >= 4 is 5.78 Å². The Labute approximate surface area is 143 Å². The van der Waals surface area contributed by atoms with E-state index in [1.54, 1.807) is 37.1 Å². The maximum Gasteiger partial charge on any atom is 0.278 e. The third kappa shape index (κ3) is 2.65. The van der Waals surface area contributed by atoms with Crippen molar-refractivity contribution in [1.29, 1.82) is 0 Å². The molecule has 0 atom stereocenters. The Morgan fingerprint density at radius 2 is 2.00 bits per heavy atom. The fourth-order valence-corrected chi connectivity index (χ4v) is 2.85. The van der Waals surface area contributed by atoms with Gasteiger partial charge in [0, 0.05) is 24.6 Å². The summed E-state index contributed by atoms with van der Waals surface area (Å²) < 4.78 is 17.5. The molecule has 0 saturated heterocycles. The number of aromatic nitrogens is 4. The summed E-state index contributed by atoms with van der Waals surface area (Å²) in [6.45, 7) is 0.720. The Balaban J connectivity index is 1.68. The van der Waals surface area contributed by atoms with E-state index in [1.165, 1.54) is 0 Å². The van der Waals surface area contributed by atoms with Gasteiger partial charge in [-0.3, -0.25) is 9.48 Å². The molecule has 3 heterocycles. The molecule has 8 nitrogen and oxygen atoms in total. The van der Waals surface area contributed by atoms with Crippen molar-refractivity contribution in [3.05, 3.63) is 30.0 Å². The Morgan fingerprint density at radius 3 is 2.76 bits per heavy atom. The van der Waals surface area contributed by atoms with Gasteiger partial charge in [0.1, 0.15) is 5.69 Å². The van der Waals surface area contributed by atoms with Crippen LogP contribution in [0.25, 0.3) is 23.0 Å². The van der Waals surface area contributed by atoms with Crippen LogP contribution in [0.2, 0.25) is 0 Å². The average molecular weight is 340 g/mol. The highest BCUT2D eigenvalue weighted by molar-refractivity contribution is 5.95. The topological polar surface area (TPSA) is 92.3 Å². The van der Waals surface area contributed by atoms with E-state index < -0.39 is 0 Å². The molecule has 1 aromatic carbocycles. The minimum Gasteiger partial charge on any atom is -0.493 e. The summed E-state index contributed by atoms with van der Waals surface area (Å²) in [7, 11) is 3.14. The second-order valence-electron chi connectivity index (χ2n) is 5.66. The molecule has 0 aliphatic carbocycles. The van der Waals surface area contributed by atoms with Crippen LogP contribution in [0.15, 0.2) is 28.8 Å². The molecule has 0 bridgehead atoms. The van der Waals surface area contributed by atoms with Gasteiger partial charge >= 0.3 is 0 Å². The quantitative estimate of drug-likeness (QED) is 0.720. The van der Waals surface area contributed by atoms with Gasteiger partial charge in [-0.05, 0) is 24.6 Å². The Hall–Kier alpha value is -3.16. The number of nitrogens with zero attached hydrogens (tertiary/aromatic N) is 4. The van der Waals surface area contributed by atoms with Crippen molar-refractivity contribution in [1.82, 2.24) is 19.9 Å². The maximum atomic E-state index is 11.9. The summed E-state index contributed by atoms with van der Waals surface area (Å²) in [6.07, 6.45) is 1.35. The van der Waals surface area contributed by atoms with Crippen molar-refractivity contribution in [3.63, 3.8) is 0 Å². The number of benzene rings is 1. The molecule has 0 saturated carbocycles. The van der Waals surface area contributed by atoms with Crippen LogP contribution in [0.1, 0.15) is 23.3 Å². The molecule has 4 rings (SSSR count). The summed E-state index contributed by atoms with van der Waals surface area (Å²) in [6, 6.07) is 7.07. The van der Waals surface area contributed by atoms with Gasteiger partial charge in [0.15, 0.2) is 23.0 Å². The lowest BCUT2D eigenvalue weighted by Gasteiger charge is -2.10. The van der Waals surface area contributed by atoms with Crippen LogP contribution in [0.4, 0.5) is 0 Å². The highest BCUT2D eigenvalue weighted by atomic mass is 16.5. The Morgan fingerprint density at radius 1 is 1.16 bits per heavy atom. The predicted octanol–water partition coefficient (Wildman–Crippen LogP) is 2.59. The molecule has 0 radical (unpaired) electrons. The molecule has 2 aromatic heterocycles. The standard InChI is InChI=1S/C17H16N4O4/c1-23-14-6-5-10(8-15(14)24-2)16-18-17(25-20-16)11-9-12-13(22)4-3-7-21(12)19-11/h5-6,8-9H,3-4,7H2,1-2H3. The average Bonchev–Trinajstić information content (AvgIpc) is 3.28. The van der Waals surface area contributed by atoms with Crippen molar-refractivity contribution in [2.45, 2.75) is 19.4 Å². The third-order valence-corrected chi connectivity index (χ3v) is 4.13. The Bertz CT molecular complexity index is 944. The minimum absolute atomic E-state index is 0.0876. The molecule has 8 heteroatoms. The molecular weight excluding hydrogens is 324 g/mol. The molecular formula is C17H16N4O4. The Kier molecular flexibility index (Phi) is 3.72. The number of rotatable bonds is 4. The van der Waals surface area contributed by atoms with E-state index in [1.807, 2.05) is 6.07 Å². The van der Waals surface area contributed by atoms with E-state index in [9.17, 15) is 4.79 Å².